The van der Waals surface area contributed by atoms with Gasteiger partial charge in [0.2, 0.25) is 0 Å². The molecule has 2 aromatic rings. The van der Waals surface area contributed by atoms with Gasteiger partial charge in [-0.25, -0.2) is 4.79 Å². The number of nitrogens with one attached hydrogen (secondary N) is 2. The van der Waals surface area contributed by atoms with Gasteiger partial charge in [0.05, 0.1) is 6.61 Å². The van der Waals surface area contributed by atoms with E-state index in [4.69, 9.17) is 9.47 Å². The number of ether oxygens (including phenoxy) is 2. The fraction of sp³-hybridized carbons (Fsp3) is 0.409. The van der Waals surface area contributed by atoms with Gasteiger partial charge in [-0.15, -0.1) is 0 Å². The second-order valence-electron chi connectivity index (χ2n) is 6.45. The van der Waals surface area contributed by atoms with Crippen LogP contribution in [-0.4, -0.2) is 44.3 Å². The molecule has 0 saturated carbocycles. The molecule has 2 N–H and O–H groups in total. The molecule has 28 heavy (non-hydrogen) atoms. The lowest BCUT2D eigenvalue weighted by atomic mass is 10.1. The molecule has 0 aliphatic rings. The molecule has 0 fully saturated rings. The van der Waals surface area contributed by atoms with E-state index in [-0.39, 0.29) is 6.03 Å². The third kappa shape index (κ3) is 7.58. The van der Waals surface area contributed by atoms with Gasteiger partial charge in [0.25, 0.3) is 0 Å². The first-order valence-corrected chi connectivity index (χ1v) is 9.71. The summed E-state index contributed by atoms with van der Waals surface area (Å²) in [5.41, 5.74) is 3.03. The Morgan fingerprint density at radius 1 is 1.00 bits per heavy atom. The minimum absolute atomic E-state index is 0.249. The van der Waals surface area contributed by atoms with Gasteiger partial charge in [-0.3, -0.25) is 4.90 Å². The molecule has 0 aliphatic heterocycles. The van der Waals surface area contributed by atoms with Crippen LogP contribution in [0.1, 0.15) is 25.0 Å². The first kappa shape index (κ1) is 21.7. The molecule has 0 aliphatic carbocycles. The molecule has 0 unspecified atom stereocenters. The predicted molar refractivity (Wildman–Crippen MR) is 113 cm³/mol. The van der Waals surface area contributed by atoms with Crippen LogP contribution in [0, 0.1) is 0 Å². The molecule has 2 amide bonds. The number of anilines is 1. The average Bonchev–Trinajstić information content (AvgIpc) is 2.72. The number of methoxy groups -OCH3 is 1. The summed E-state index contributed by atoms with van der Waals surface area (Å²) in [7, 11) is 1.63. The molecular weight excluding hydrogens is 354 g/mol. The van der Waals surface area contributed by atoms with Gasteiger partial charge >= 0.3 is 6.03 Å². The molecule has 2 aromatic carbocycles. The zero-order valence-corrected chi connectivity index (χ0v) is 17.0. The van der Waals surface area contributed by atoms with Crippen molar-refractivity contribution >= 4 is 11.7 Å². The number of carbonyl (C=O) groups is 1. The van der Waals surface area contributed by atoms with Crippen molar-refractivity contribution in [1.82, 2.24) is 10.2 Å². The Labute approximate surface area is 167 Å². The summed E-state index contributed by atoms with van der Waals surface area (Å²) in [6.07, 6.45) is 0. The summed E-state index contributed by atoms with van der Waals surface area (Å²) >= 11 is 0. The summed E-state index contributed by atoms with van der Waals surface area (Å²) in [4.78, 5) is 14.5. The molecule has 0 saturated heterocycles. The third-order valence-corrected chi connectivity index (χ3v) is 4.42. The van der Waals surface area contributed by atoms with Crippen LogP contribution in [0.5, 0.6) is 5.75 Å². The molecule has 2 rings (SSSR count). The van der Waals surface area contributed by atoms with Crippen molar-refractivity contribution in [1.29, 1.82) is 0 Å². The van der Waals surface area contributed by atoms with E-state index in [9.17, 15) is 4.79 Å². The molecule has 0 heterocycles. The number of amides is 2. The van der Waals surface area contributed by atoms with E-state index >= 15 is 0 Å². The van der Waals surface area contributed by atoms with Crippen molar-refractivity contribution in [3.05, 3.63) is 59.7 Å². The SMILES string of the molecule is CCN(CC)Cc1ccc(CNC(=O)Nc2cccc(OCCOC)c2)cc1. The van der Waals surface area contributed by atoms with Gasteiger partial charge in [-0.05, 0) is 36.3 Å². The van der Waals surface area contributed by atoms with Gasteiger partial charge in [-0.2, -0.15) is 0 Å². The fourth-order valence-electron chi connectivity index (χ4n) is 2.73. The van der Waals surface area contributed by atoms with Crippen LogP contribution in [0.3, 0.4) is 0 Å². The zero-order valence-electron chi connectivity index (χ0n) is 17.0. The Hall–Kier alpha value is -2.57. The standard InChI is InChI=1S/C22H31N3O3/c1-4-25(5-2)17-19-11-9-18(10-12-19)16-23-22(26)24-20-7-6-8-21(15-20)28-14-13-27-3/h6-12,15H,4-5,13-14,16-17H2,1-3H3,(H2,23,24,26). The van der Waals surface area contributed by atoms with Crippen molar-refractivity contribution in [3.8, 4) is 5.75 Å². The fourth-order valence-corrected chi connectivity index (χ4v) is 2.73. The average molecular weight is 386 g/mol. The van der Waals surface area contributed by atoms with E-state index in [1.54, 1.807) is 13.2 Å². The third-order valence-electron chi connectivity index (χ3n) is 4.42. The quantitative estimate of drug-likeness (QED) is 0.576. The lowest BCUT2D eigenvalue weighted by Crippen LogP contribution is -2.28. The van der Waals surface area contributed by atoms with Crippen molar-refractivity contribution in [2.75, 3.05) is 38.7 Å². The van der Waals surface area contributed by atoms with Crippen LogP contribution in [-0.2, 0) is 17.8 Å². The molecule has 152 valence electrons. The van der Waals surface area contributed by atoms with E-state index in [0.717, 1.165) is 25.2 Å². The van der Waals surface area contributed by atoms with Crippen LogP contribution in [0.4, 0.5) is 10.5 Å². The maximum Gasteiger partial charge on any atom is 0.319 e. The Morgan fingerprint density at radius 3 is 2.39 bits per heavy atom. The van der Waals surface area contributed by atoms with Crippen LogP contribution in [0.25, 0.3) is 0 Å². The van der Waals surface area contributed by atoms with E-state index in [2.05, 4.69) is 53.6 Å². The number of nitrogens with zero attached hydrogens (tertiary/aromatic N) is 1. The van der Waals surface area contributed by atoms with Crippen molar-refractivity contribution < 1.29 is 14.3 Å². The summed E-state index contributed by atoms with van der Waals surface area (Å²) < 4.78 is 10.5. The highest BCUT2D eigenvalue weighted by atomic mass is 16.5. The summed E-state index contributed by atoms with van der Waals surface area (Å²) in [5.74, 6) is 0.693. The Kier molecular flexibility index (Phi) is 9.31. The molecule has 6 heteroatoms. The minimum Gasteiger partial charge on any atom is -0.491 e. The highest BCUT2D eigenvalue weighted by Crippen LogP contribution is 2.17. The summed E-state index contributed by atoms with van der Waals surface area (Å²) in [5, 5.41) is 5.71. The van der Waals surface area contributed by atoms with Gasteiger partial charge in [0.15, 0.2) is 0 Å². The molecule has 0 bridgehead atoms. The number of benzene rings is 2. The largest absolute Gasteiger partial charge is 0.491 e. The Balaban J connectivity index is 1.80. The number of urea groups is 1. The van der Waals surface area contributed by atoms with Gasteiger partial charge in [-0.1, -0.05) is 44.2 Å². The van der Waals surface area contributed by atoms with E-state index < -0.39 is 0 Å². The van der Waals surface area contributed by atoms with Gasteiger partial charge in [0.1, 0.15) is 12.4 Å². The number of rotatable bonds is 11. The highest BCUT2D eigenvalue weighted by molar-refractivity contribution is 5.89. The number of hydrogen-bond acceptors (Lipinski definition) is 4. The molecule has 6 nitrogen and oxygen atoms in total. The number of carbonyl (C=O) groups excluding carboxylic acids is 1. The highest BCUT2D eigenvalue weighted by Gasteiger charge is 2.05. The lowest BCUT2D eigenvalue weighted by molar-refractivity contribution is 0.146. The second-order valence-corrected chi connectivity index (χ2v) is 6.45. The molecular formula is C22H31N3O3. The maximum absolute atomic E-state index is 12.2. The van der Waals surface area contributed by atoms with E-state index in [1.807, 2.05) is 18.2 Å². The predicted octanol–water partition coefficient (Wildman–Crippen LogP) is 3.88. The van der Waals surface area contributed by atoms with E-state index in [0.29, 0.717) is 31.2 Å². The van der Waals surface area contributed by atoms with Gasteiger partial charge in [0, 0.05) is 32.0 Å². The summed E-state index contributed by atoms with van der Waals surface area (Å²) in [6, 6.07) is 15.4. The van der Waals surface area contributed by atoms with Crippen molar-refractivity contribution in [3.63, 3.8) is 0 Å². The van der Waals surface area contributed by atoms with Crippen molar-refractivity contribution in [2.24, 2.45) is 0 Å². The zero-order chi connectivity index (χ0) is 20.2. The van der Waals surface area contributed by atoms with Crippen LogP contribution in [0.2, 0.25) is 0 Å². The smallest absolute Gasteiger partial charge is 0.319 e. The first-order valence-electron chi connectivity index (χ1n) is 9.71. The van der Waals surface area contributed by atoms with Crippen LogP contribution < -0.4 is 15.4 Å². The Bertz CT molecular complexity index is 715. The molecule has 0 aromatic heterocycles. The van der Waals surface area contributed by atoms with Crippen LogP contribution in [0.15, 0.2) is 48.5 Å². The topological polar surface area (TPSA) is 62.8 Å². The van der Waals surface area contributed by atoms with Gasteiger partial charge < -0.3 is 20.1 Å². The van der Waals surface area contributed by atoms with E-state index in [1.165, 1.54) is 5.56 Å². The lowest BCUT2D eigenvalue weighted by Gasteiger charge is -2.18. The molecule has 0 atom stereocenters. The Morgan fingerprint density at radius 2 is 1.71 bits per heavy atom. The molecule has 0 radical (unpaired) electrons. The normalized spacial score (nSPS) is 10.7. The minimum atomic E-state index is -0.249. The maximum atomic E-state index is 12.2. The van der Waals surface area contributed by atoms with Crippen LogP contribution >= 0.6 is 0 Å². The number of hydrogen-bond donors (Lipinski definition) is 2. The molecule has 0 spiro atoms. The first-order chi connectivity index (χ1) is 13.6. The summed E-state index contributed by atoms with van der Waals surface area (Å²) in [6.45, 7) is 8.83. The second kappa shape index (κ2) is 12.0. The monoisotopic (exact) mass is 385 g/mol. The van der Waals surface area contributed by atoms with Crippen molar-refractivity contribution in [2.45, 2.75) is 26.9 Å².